The van der Waals surface area contributed by atoms with Crippen molar-refractivity contribution in [2.75, 3.05) is 35.6 Å². The number of hydrogen-bond donors (Lipinski definition) is 3. The van der Waals surface area contributed by atoms with E-state index < -0.39 is 17.5 Å². The fraction of sp³-hybridized carbons (Fsp3) is 0.263. The summed E-state index contributed by atoms with van der Waals surface area (Å²) in [6.07, 6.45) is 1.77. The largest absolute Gasteiger partial charge is 0.398 e. The lowest BCUT2D eigenvalue weighted by Crippen LogP contribution is -2.42. The number of carbonyl (C=O) groups excluding carboxylic acids is 2. The minimum Gasteiger partial charge on any atom is -0.398 e. The summed E-state index contributed by atoms with van der Waals surface area (Å²) >= 11 is 0. The number of nitrogen functional groups attached to an aromatic ring is 1. The highest BCUT2D eigenvalue weighted by molar-refractivity contribution is 5.95. The SMILES string of the molecule is Cl.Nc1cccc2c1CCCN2CC(=O)NCC(=O)Nc1ccc(F)c(F)c1. The van der Waals surface area contributed by atoms with Crippen LogP contribution in [-0.2, 0) is 16.0 Å². The monoisotopic (exact) mass is 410 g/mol. The summed E-state index contributed by atoms with van der Waals surface area (Å²) in [6.45, 7) is 0.565. The molecule has 0 spiro atoms. The third kappa shape index (κ3) is 5.10. The molecule has 2 aromatic rings. The first kappa shape index (κ1) is 21.4. The molecule has 0 saturated heterocycles. The maximum atomic E-state index is 13.1. The lowest BCUT2D eigenvalue weighted by Gasteiger charge is -2.31. The van der Waals surface area contributed by atoms with E-state index in [1.54, 1.807) is 0 Å². The number of amides is 2. The number of carbonyl (C=O) groups is 2. The molecule has 1 aliphatic rings. The Morgan fingerprint density at radius 1 is 1.11 bits per heavy atom. The van der Waals surface area contributed by atoms with Crippen molar-refractivity contribution in [2.24, 2.45) is 0 Å². The van der Waals surface area contributed by atoms with Gasteiger partial charge in [0.05, 0.1) is 13.1 Å². The summed E-state index contributed by atoms with van der Waals surface area (Å²) in [4.78, 5) is 26.0. The van der Waals surface area contributed by atoms with Gasteiger partial charge >= 0.3 is 0 Å². The molecule has 1 heterocycles. The van der Waals surface area contributed by atoms with Crippen LogP contribution >= 0.6 is 12.4 Å². The number of rotatable bonds is 5. The van der Waals surface area contributed by atoms with E-state index in [1.165, 1.54) is 6.07 Å². The van der Waals surface area contributed by atoms with Gasteiger partial charge in [-0.3, -0.25) is 9.59 Å². The third-order valence-corrected chi connectivity index (χ3v) is 4.37. The molecule has 4 N–H and O–H groups in total. The van der Waals surface area contributed by atoms with Gasteiger partial charge in [0.15, 0.2) is 11.6 Å². The molecule has 9 heteroatoms. The van der Waals surface area contributed by atoms with Crippen molar-refractivity contribution in [3.63, 3.8) is 0 Å². The summed E-state index contributed by atoms with van der Waals surface area (Å²) in [5.74, 6) is -2.90. The molecule has 0 atom stereocenters. The maximum absolute atomic E-state index is 13.1. The number of nitrogens with two attached hydrogens (primary N) is 1. The normalized spacial score (nSPS) is 12.6. The lowest BCUT2D eigenvalue weighted by atomic mass is 10.00. The van der Waals surface area contributed by atoms with Crippen molar-refractivity contribution >= 4 is 41.3 Å². The summed E-state index contributed by atoms with van der Waals surface area (Å²) in [5, 5.41) is 4.93. The van der Waals surface area contributed by atoms with Crippen molar-refractivity contribution in [1.82, 2.24) is 5.32 Å². The number of nitrogens with zero attached hydrogens (tertiary/aromatic N) is 1. The smallest absolute Gasteiger partial charge is 0.243 e. The van der Waals surface area contributed by atoms with Crippen LogP contribution in [-0.4, -0.2) is 31.4 Å². The second kappa shape index (κ2) is 9.36. The zero-order valence-electron chi connectivity index (χ0n) is 15.0. The van der Waals surface area contributed by atoms with E-state index in [9.17, 15) is 18.4 Å². The standard InChI is InChI=1S/C19H20F2N4O2.ClH/c20-14-7-6-12(9-15(14)21)24-18(26)10-23-19(27)11-25-8-2-3-13-16(22)4-1-5-17(13)25;/h1,4-7,9H,2-3,8,10-11,22H2,(H,23,27)(H,24,26);1H. The van der Waals surface area contributed by atoms with Gasteiger partial charge in [-0.2, -0.15) is 0 Å². The van der Waals surface area contributed by atoms with E-state index in [4.69, 9.17) is 5.73 Å². The Balaban J connectivity index is 0.00000280. The minimum absolute atomic E-state index is 0. The van der Waals surface area contributed by atoms with Crippen LogP contribution in [0.5, 0.6) is 0 Å². The van der Waals surface area contributed by atoms with Gasteiger partial charge in [0.2, 0.25) is 11.8 Å². The first-order chi connectivity index (χ1) is 12.9. The highest BCUT2D eigenvalue weighted by atomic mass is 35.5. The number of nitrogens with one attached hydrogen (secondary N) is 2. The zero-order valence-corrected chi connectivity index (χ0v) is 15.8. The molecule has 150 valence electrons. The molecule has 2 aromatic carbocycles. The van der Waals surface area contributed by atoms with E-state index >= 15 is 0 Å². The molecule has 6 nitrogen and oxygen atoms in total. The molecule has 28 heavy (non-hydrogen) atoms. The fourth-order valence-corrected chi connectivity index (χ4v) is 3.08. The number of benzene rings is 2. The van der Waals surface area contributed by atoms with E-state index in [2.05, 4.69) is 10.6 Å². The highest BCUT2D eigenvalue weighted by Crippen LogP contribution is 2.30. The van der Waals surface area contributed by atoms with Gasteiger partial charge in [0.1, 0.15) is 0 Å². The quantitative estimate of drug-likeness (QED) is 0.661. The molecular weight excluding hydrogens is 390 g/mol. The van der Waals surface area contributed by atoms with Gasteiger partial charge < -0.3 is 21.3 Å². The average molecular weight is 411 g/mol. The van der Waals surface area contributed by atoms with Crippen molar-refractivity contribution in [1.29, 1.82) is 0 Å². The van der Waals surface area contributed by atoms with Crippen LogP contribution in [0.15, 0.2) is 36.4 Å². The molecule has 1 aliphatic heterocycles. The van der Waals surface area contributed by atoms with Gasteiger partial charge in [-0.15, -0.1) is 12.4 Å². The van der Waals surface area contributed by atoms with Crippen LogP contribution in [0, 0.1) is 11.6 Å². The van der Waals surface area contributed by atoms with Gasteiger partial charge in [0, 0.05) is 29.7 Å². The molecule has 0 aromatic heterocycles. The average Bonchev–Trinajstić information content (AvgIpc) is 2.64. The fourth-order valence-electron chi connectivity index (χ4n) is 3.08. The van der Waals surface area contributed by atoms with Crippen LogP contribution in [0.25, 0.3) is 0 Å². The molecule has 0 aliphatic carbocycles. The summed E-state index contributed by atoms with van der Waals surface area (Å²) in [5.41, 5.74) is 8.79. The Morgan fingerprint density at radius 3 is 2.64 bits per heavy atom. The molecule has 0 fully saturated rings. The Hall–Kier alpha value is -2.87. The summed E-state index contributed by atoms with van der Waals surface area (Å²) in [7, 11) is 0. The molecule has 0 unspecified atom stereocenters. The molecule has 0 radical (unpaired) electrons. The highest BCUT2D eigenvalue weighted by Gasteiger charge is 2.20. The number of anilines is 3. The molecular formula is C19H21ClF2N4O2. The molecule has 0 bridgehead atoms. The van der Waals surface area contributed by atoms with E-state index in [-0.39, 0.29) is 37.1 Å². The van der Waals surface area contributed by atoms with Crippen molar-refractivity contribution in [3.8, 4) is 0 Å². The van der Waals surface area contributed by atoms with E-state index in [0.717, 1.165) is 42.8 Å². The Labute approximate surface area is 167 Å². The number of halogens is 3. The van der Waals surface area contributed by atoms with Gasteiger partial charge in [-0.05, 0) is 42.7 Å². The number of hydrogen-bond acceptors (Lipinski definition) is 4. The minimum atomic E-state index is -1.06. The lowest BCUT2D eigenvalue weighted by molar-refractivity contribution is -0.123. The van der Waals surface area contributed by atoms with Gasteiger partial charge in [-0.1, -0.05) is 6.07 Å². The molecule has 2 amide bonds. The topological polar surface area (TPSA) is 87.5 Å². The van der Waals surface area contributed by atoms with Crippen LogP contribution < -0.4 is 21.3 Å². The maximum Gasteiger partial charge on any atom is 0.243 e. The van der Waals surface area contributed by atoms with E-state index in [0.29, 0.717) is 5.69 Å². The van der Waals surface area contributed by atoms with Gasteiger partial charge in [0.25, 0.3) is 0 Å². The first-order valence-corrected chi connectivity index (χ1v) is 8.58. The van der Waals surface area contributed by atoms with Crippen molar-refractivity contribution < 1.29 is 18.4 Å². The van der Waals surface area contributed by atoms with Crippen molar-refractivity contribution in [2.45, 2.75) is 12.8 Å². The number of fused-ring (bicyclic) bond motifs is 1. The summed E-state index contributed by atoms with van der Waals surface area (Å²) in [6, 6.07) is 8.65. The van der Waals surface area contributed by atoms with Crippen LogP contribution in [0.4, 0.5) is 25.8 Å². The molecule has 3 rings (SSSR count). The van der Waals surface area contributed by atoms with Crippen molar-refractivity contribution in [3.05, 3.63) is 53.6 Å². The zero-order chi connectivity index (χ0) is 19.4. The van der Waals surface area contributed by atoms with E-state index in [1.807, 2.05) is 23.1 Å². The Bertz CT molecular complexity index is 879. The molecule has 0 saturated carbocycles. The second-order valence-corrected chi connectivity index (χ2v) is 6.32. The summed E-state index contributed by atoms with van der Waals surface area (Å²) < 4.78 is 26.0. The second-order valence-electron chi connectivity index (χ2n) is 6.32. The predicted molar refractivity (Wildman–Crippen MR) is 107 cm³/mol. The van der Waals surface area contributed by atoms with Gasteiger partial charge in [-0.25, -0.2) is 8.78 Å². The Kier molecular flexibility index (Phi) is 7.17. The third-order valence-electron chi connectivity index (χ3n) is 4.37. The Morgan fingerprint density at radius 2 is 1.89 bits per heavy atom. The predicted octanol–water partition coefficient (Wildman–Crippen LogP) is 2.48. The first-order valence-electron chi connectivity index (χ1n) is 8.58. The van der Waals surface area contributed by atoms with Crippen LogP contribution in [0.1, 0.15) is 12.0 Å². The van der Waals surface area contributed by atoms with Crippen LogP contribution in [0.3, 0.4) is 0 Å². The van der Waals surface area contributed by atoms with Crippen LogP contribution in [0.2, 0.25) is 0 Å².